The van der Waals surface area contributed by atoms with E-state index in [1.165, 1.54) is 48.0 Å². The van der Waals surface area contributed by atoms with E-state index in [1.807, 2.05) is 0 Å². The number of thiazole rings is 1. The Hall–Kier alpha value is -4.44. The van der Waals surface area contributed by atoms with Gasteiger partial charge in [0.2, 0.25) is 21.8 Å². The Bertz CT molecular complexity index is 1940. The number of nitrogens with two attached hydrogens (primary N) is 1. The van der Waals surface area contributed by atoms with Gasteiger partial charge < -0.3 is 19.8 Å². The number of nitrogens with zero attached hydrogens (tertiary/aromatic N) is 1. The molecular weight excluding hydrogens is 629 g/mol. The minimum Gasteiger partial charge on any atom is -0.493 e. The number of anilines is 2. The molecule has 0 bridgehead atoms. The van der Waals surface area contributed by atoms with Gasteiger partial charge in [0.15, 0.2) is 18.1 Å². The average Bonchev–Trinajstić information content (AvgIpc) is 3.50. The van der Waals surface area contributed by atoms with Crippen molar-refractivity contribution in [2.24, 2.45) is 11.1 Å². The molecule has 226 valence electrons. The number of rotatable bonds is 8. The molecule has 0 aliphatic carbocycles. The zero-order valence-corrected chi connectivity index (χ0v) is 25.3. The maximum absolute atomic E-state index is 13.8. The van der Waals surface area contributed by atoms with Gasteiger partial charge in [-0.2, -0.15) is 0 Å². The first kappa shape index (κ1) is 29.6. The first-order valence-electron chi connectivity index (χ1n) is 13.1. The normalized spacial score (nSPS) is 19.3. The molecule has 0 radical (unpaired) electrons. The summed E-state index contributed by atoms with van der Waals surface area (Å²) in [5.41, 5.74) is 1.46. The van der Waals surface area contributed by atoms with E-state index in [2.05, 4.69) is 10.3 Å². The fourth-order valence-electron chi connectivity index (χ4n) is 5.27. The van der Waals surface area contributed by atoms with Crippen molar-refractivity contribution in [1.82, 2.24) is 4.98 Å². The summed E-state index contributed by atoms with van der Waals surface area (Å²) in [4.78, 5) is 56.6. The van der Waals surface area contributed by atoms with E-state index in [1.54, 1.807) is 48.5 Å². The van der Waals surface area contributed by atoms with Gasteiger partial charge in [-0.1, -0.05) is 47.4 Å². The van der Waals surface area contributed by atoms with Crippen molar-refractivity contribution in [2.75, 3.05) is 23.9 Å². The van der Waals surface area contributed by atoms with Crippen LogP contribution < -0.4 is 29.7 Å². The van der Waals surface area contributed by atoms with Crippen LogP contribution in [0, 0.1) is 5.92 Å². The number of primary sulfonamides is 1. The fourth-order valence-corrected chi connectivity index (χ4v) is 8.30. The maximum atomic E-state index is 13.8. The molecule has 4 aromatic rings. The van der Waals surface area contributed by atoms with E-state index in [4.69, 9.17) is 14.6 Å². The van der Waals surface area contributed by atoms with Crippen LogP contribution in [0.2, 0.25) is 0 Å². The topological polar surface area (TPSA) is 178 Å². The van der Waals surface area contributed by atoms with Gasteiger partial charge in [0.25, 0.3) is 5.91 Å². The number of nitrogens with one attached hydrogen (secondary N) is 2. The van der Waals surface area contributed by atoms with Crippen LogP contribution in [0.15, 0.2) is 87.5 Å². The first-order chi connectivity index (χ1) is 21.0. The Labute approximate surface area is 259 Å². The summed E-state index contributed by atoms with van der Waals surface area (Å²) >= 11 is 2.19. The number of hydrogen-bond donors (Lipinski definition) is 3. The molecule has 4 N–H and O–H groups in total. The number of fused-ring (bicyclic) bond motifs is 2. The molecular formula is C29H24N4O8S3. The minimum atomic E-state index is -3.86. The van der Waals surface area contributed by atoms with Crippen LogP contribution in [0.5, 0.6) is 11.5 Å². The Morgan fingerprint density at radius 1 is 1.00 bits per heavy atom. The van der Waals surface area contributed by atoms with Gasteiger partial charge in [-0.15, -0.1) is 0 Å². The summed E-state index contributed by atoms with van der Waals surface area (Å²) in [6, 6.07) is 19.1. The number of ether oxygens (including phenoxy) is 2. The highest BCUT2D eigenvalue weighted by atomic mass is 32.2. The van der Waals surface area contributed by atoms with Crippen LogP contribution >= 0.6 is 23.1 Å². The molecule has 1 fully saturated rings. The number of thioether (sulfide) groups is 1. The van der Waals surface area contributed by atoms with Gasteiger partial charge >= 0.3 is 4.87 Å². The van der Waals surface area contributed by atoms with Gasteiger partial charge in [-0.05, 0) is 54.1 Å². The van der Waals surface area contributed by atoms with Gasteiger partial charge in [-0.25, -0.2) is 18.5 Å². The molecule has 2 aliphatic rings. The molecule has 3 heterocycles. The molecule has 3 atom stereocenters. The lowest BCUT2D eigenvalue weighted by atomic mass is 9.83. The smallest absolute Gasteiger partial charge is 0.305 e. The Morgan fingerprint density at radius 2 is 1.73 bits per heavy atom. The summed E-state index contributed by atoms with van der Waals surface area (Å²) < 4.78 is 34.2. The Kier molecular flexibility index (Phi) is 7.79. The standard InChI is InChI=1S/C29H24N4O8S3/c1-40-20-13-15(7-12-19(20)41-14-21(34)31-16-8-10-18(11-9-16)44(30,38)39)22-23-25(42-26-24(22)43-29(37)32-26)28(36)33(27(23)35)17-5-3-2-4-6-17/h2-13,22-23,25H,14H2,1H3,(H,31,34)(H,32,37)(H2,30,38,39). The van der Waals surface area contributed by atoms with Gasteiger partial charge in [-0.3, -0.25) is 19.2 Å². The highest BCUT2D eigenvalue weighted by molar-refractivity contribution is 8.00. The molecule has 0 saturated carbocycles. The minimum absolute atomic E-state index is 0.0880. The number of H-pyrrole nitrogens is 1. The van der Waals surface area contributed by atoms with E-state index in [9.17, 15) is 27.6 Å². The third-order valence-corrected chi connectivity index (χ3v) is 10.5. The predicted molar refractivity (Wildman–Crippen MR) is 164 cm³/mol. The monoisotopic (exact) mass is 652 g/mol. The largest absolute Gasteiger partial charge is 0.493 e. The van der Waals surface area contributed by atoms with Crippen LogP contribution in [-0.2, 0) is 24.4 Å². The van der Waals surface area contributed by atoms with Crippen molar-refractivity contribution in [3.8, 4) is 11.5 Å². The van der Waals surface area contributed by atoms with Crippen LogP contribution in [0.25, 0.3) is 0 Å². The van der Waals surface area contributed by atoms with Crippen LogP contribution in [-0.4, -0.2) is 50.1 Å². The van der Waals surface area contributed by atoms with E-state index < -0.39 is 33.0 Å². The lowest BCUT2D eigenvalue weighted by Crippen LogP contribution is -2.32. The molecule has 0 spiro atoms. The first-order valence-corrected chi connectivity index (χ1v) is 16.4. The molecule has 3 aromatic carbocycles. The van der Waals surface area contributed by atoms with Crippen molar-refractivity contribution >= 4 is 62.2 Å². The summed E-state index contributed by atoms with van der Waals surface area (Å²) in [7, 11) is -2.43. The zero-order valence-electron chi connectivity index (χ0n) is 22.9. The zero-order chi connectivity index (χ0) is 31.2. The molecule has 44 heavy (non-hydrogen) atoms. The maximum Gasteiger partial charge on any atom is 0.305 e. The fraction of sp³-hybridized carbons (Fsp3) is 0.172. The molecule has 3 amide bonds. The number of sulfonamides is 1. The predicted octanol–water partition coefficient (Wildman–Crippen LogP) is 2.91. The van der Waals surface area contributed by atoms with Crippen LogP contribution in [0.1, 0.15) is 16.4 Å². The molecule has 15 heteroatoms. The number of hydrogen-bond acceptors (Lipinski definition) is 10. The average molecular weight is 653 g/mol. The number of imide groups is 1. The lowest BCUT2D eigenvalue weighted by molar-refractivity contribution is -0.122. The van der Waals surface area contributed by atoms with E-state index in [0.29, 0.717) is 26.8 Å². The van der Waals surface area contributed by atoms with Crippen molar-refractivity contribution in [3.63, 3.8) is 0 Å². The summed E-state index contributed by atoms with van der Waals surface area (Å²) in [5.74, 6) is -2.07. The summed E-state index contributed by atoms with van der Waals surface area (Å²) in [6.45, 7) is -0.389. The second-order valence-electron chi connectivity index (χ2n) is 9.91. The highest BCUT2D eigenvalue weighted by Crippen LogP contribution is 2.53. The number of benzene rings is 3. The molecule has 1 saturated heterocycles. The number of carbonyl (C=O) groups excluding carboxylic acids is 3. The van der Waals surface area contributed by atoms with Crippen molar-refractivity contribution in [3.05, 3.63) is 92.9 Å². The molecule has 12 nitrogen and oxygen atoms in total. The second kappa shape index (κ2) is 11.6. The number of aromatic amines is 1. The SMILES string of the molecule is COc1cc(C2c3sc(=O)[nH]c3SC3C(=O)N(c4ccccc4)C(=O)C32)ccc1OCC(=O)Nc1ccc(S(N)(=O)=O)cc1. The van der Waals surface area contributed by atoms with Gasteiger partial charge in [0.05, 0.1) is 28.6 Å². The number of aromatic nitrogens is 1. The quantitative estimate of drug-likeness (QED) is 0.242. The van der Waals surface area contributed by atoms with E-state index in [0.717, 1.165) is 11.3 Å². The van der Waals surface area contributed by atoms with Crippen molar-refractivity contribution < 1.29 is 32.3 Å². The Morgan fingerprint density at radius 3 is 2.41 bits per heavy atom. The van der Waals surface area contributed by atoms with Crippen LogP contribution in [0.4, 0.5) is 11.4 Å². The number of para-hydroxylation sites is 1. The molecule has 6 rings (SSSR count). The number of methoxy groups -OCH3 is 1. The van der Waals surface area contributed by atoms with Gasteiger partial charge in [0, 0.05) is 16.5 Å². The third-order valence-electron chi connectivity index (χ3n) is 7.21. The van der Waals surface area contributed by atoms with E-state index in [-0.39, 0.29) is 39.7 Å². The molecule has 3 unspecified atom stereocenters. The van der Waals surface area contributed by atoms with E-state index >= 15 is 0 Å². The number of amides is 3. The molecule has 2 aliphatic heterocycles. The number of carbonyl (C=O) groups is 3. The van der Waals surface area contributed by atoms with Crippen molar-refractivity contribution in [2.45, 2.75) is 21.1 Å². The summed E-state index contributed by atoms with van der Waals surface area (Å²) in [5, 5.41) is 7.52. The Balaban J connectivity index is 1.25. The second-order valence-corrected chi connectivity index (χ2v) is 13.6. The van der Waals surface area contributed by atoms with Gasteiger partial charge in [0.1, 0.15) is 5.25 Å². The van der Waals surface area contributed by atoms with Crippen molar-refractivity contribution in [1.29, 1.82) is 0 Å². The molecule has 1 aromatic heterocycles. The third kappa shape index (κ3) is 5.50. The lowest BCUT2D eigenvalue weighted by Gasteiger charge is -2.30. The highest BCUT2D eigenvalue weighted by Gasteiger charge is 2.56. The summed E-state index contributed by atoms with van der Waals surface area (Å²) in [6.07, 6.45) is 0. The van der Waals surface area contributed by atoms with Crippen LogP contribution in [0.3, 0.4) is 0 Å².